The molecule has 0 aliphatic heterocycles. The lowest BCUT2D eigenvalue weighted by Crippen LogP contribution is -2.29. The first-order valence-electron chi connectivity index (χ1n) is 22.3. The van der Waals surface area contributed by atoms with Gasteiger partial charge in [0.25, 0.3) is 0 Å². The van der Waals surface area contributed by atoms with Crippen LogP contribution in [-0.4, -0.2) is 71.1 Å². The molecule has 0 N–H and O–H groups in total. The van der Waals surface area contributed by atoms with Crippen LogP contribution in [0.25, 0.3) is 11.2 Å². The topological polar surface area (TPSA) is 109 Å². The van der Waals surface area contributed by atoms with Crippen LogP contribution in [-0.2, 0) is 30.5 Å². The second kappa shape index (κ2) is 32.7. The van der Waals surface area contributed by atoms with E-state index in [1.807, 2.05) is 29.8 Å². The molecule has 0 aliphatic carbocycles. The zero-order valence-electron chi connectivity index (χ0n) is 35.8. The van der Waals surface area contributed by atoms with E-state index in [0.717, 1.165) is 43.6 Å². The summed E-state index contributed by atoms with van der Waals surface area (Å²) in [5.41, 5.74) is 1.35. The first kappa shape index (κ1) is 48.7. The molecule has 0 fully saturated rings. The van der Waals surface area contributed by atoms with Gasteiger partial charge >= 0.3 is 11.9 Å². The van der Waals surface area contributed by atoms with Gasteiger partial charge in [0.05, 0.1) is 6.33 Å². The number of ether oxygens (including phenoxy) is 3. The standard InChI is InChI=1S/C44H79N5O5S/c1-6-8-10-12-14-16-18-20-22-24-26-28-30-32-39(50)52-34-38(54-37-49-36-45-41-42(49)46-44(48(3)4)47-43(41)55-5)35-53-40(51)33-31-29-27-25-23-21-19-17-15-13-11-9-7-2/h36,38H,6-35,37H2,1-5H3. The van der Waals surface area contributed by atoms with Crippen molar-refractivity contribution < 1.29 is 23.8 Å². The minimum absolute atomic E-state index is 0.0178. The molecule has 55 heavy (non-hydrogen) atoms. The molecule has 0 saturated heterocycles. The molecule has 2 aromatic heterocycles. The van der Waals surface area contributed by atoms with E-state index in [1.54, 1.807) is 6.33 Å². The number of carbonyl (C=O) groups is 2. The van der Waals surface area contributed by atoms with E-state index >= 15 is 0 Å². The Morgan fingerprint density at radius 1 is 0.636 bits per heavy atom. The third-order valence-corrected chi connectivity index (χ3v) is 11.0. The zero-order valence-corrected chi connectivity index (χ0v) is 36.6. The number of fused-ring (bicyclic) bond motifs is 1. The lowest BCUT2D eigenvalue weighted by Gasteiger charge is -2.19. The van der Waals surface area contributed by atoms with Crippen molar-refractivity contribution in [1.82, 2.24) is 19.5 Å². The summed E-state index contributed by atoms with van der Waals surface area (Å²) in [6, 6.07) is 0. The molecule has 0 amide bonds. The van der Waals surface area contributed by atoms with E-state index in [0.29, 0.717) is 30.0 Å². The maximum absolute atomic E-state index is 12.7. The molecule has 2 aromatic rings. The third-order valence-electron chi connectivity index (χ3n) is 10.3. The van der Waals surface area contributed by atoms with Gasteiger partial charge in [-0.3, -0.25) is 14.2 Å². The van der Waals surface area contributed by atoms with Gasteiger partial charge in [0.2, 0.25) is 5.95 Å². The van der Waals surface area contributed by atoms with Crippen LogP contribution in [0.2, 0.25) is 0 Å². The number of hydrogen-bond donors (Lipinski definition) is 0. The minimum Gasteiger partial charge on any atom is -0.463 e. The number of thioether (sulfide) groups is 1. The summed E-state index contributed by atoms with van der Waals surface area (Å²) in [6.07, 6.45) is 36.5. The van der Waals surface area contributed by atoms with E-state index < -0.39 is 6.10 Å². The number of nitrogens with zero attached hydrogens (tertiary/aromatic N) is 5. The lowest BCUT2D eigenvalue weighted by atomic mass is 10.0. The molecule has 10 nitrogen and oxygen atoms in total. The fourth-order valence-electron chi connectivity index (χ4n) is 6.76. The SMILES string of the molecule is CCCCCCCCCCCCCCCC(=O)OCC(COC(=O)CCCCCCCCCCCCCCC)OCn1cnc2c(SC)nc(N(C)C)nc21. The molecule has 0 radical (unpaired) electrons. The molecular formula is C44H79N5O5S. The van der Waals surface area contributed by atoms with Crippen LogP contribution in [0.15, 0.2) is 11.4 Å². The summed E-state index contributed by atoms with van der Waals surface area (Å²) in [7, 11) is 3.80. The highest BCUT2D eigenvalue weighted by Crippen LogP contribution is 2.25. The maximum Gasteiger partial charge on any atom is 0.305 e. The van der Waals surface area contributed by atoms with Gasteiger partial charge in [-0.05, 0) is 19.1 Å². The number of unbranched alkanes of at least 4 members (excludes halogenated alkanes) is 24. The highest BCUT2D eigenvalue weighted by Gasteiger charge is 2.19. The van der Waals surface area contributed by atoms with Crippen LogP contribution < -0.4 is 4.90 Å². The number of aromatic nitrogens is 4. The Labute approximate surface area is 339 Å². The van der Waals surface area contributed by atoms with Gasteiger partial charge in [0, 0.05) is 26.9 Å². The van der Waals surface area contributed by atoms with Crippen molar-refractivity contribution in [2.24, 2.45) is 0 Å². The van der Waals surface area contributed by atoms with Gasteiger partial charge < -0.3 is 19.1 Å². The third kappa shape index (κ3) is 23.4. The smallest absolute Gasteiger partial charge is 0.305 e. The van der Waals surface area contributed by atoms with E-state index in [1.165, 1.54) is 140 Å². The quantitative estimate of drug-likeness (QED) is 0.0284. The van der Waals surface area contributed by atoms with E-state index in [9.17, 15) is 9.59 Å². The van der Waals surface area contributed by atoms with Crippen molar-refractivity contribution in [2.45, 2.75) is 211 Å². The average Bonchev–Trinajstić information content (AvgIpc) is 3.60. The Morgan fingerprint density at radius 2 is 1.04 bits per heavy atom. The zero-order chi connectivity index (χ0) is 39.8. The Balaban J connectivity index is 1.74. The molecule has 2 rings (SSSR count). The monoisotopic (exact) mass is 790 g/mol. The molecule has 0 spiro atoms. The normalized spacial score (nSPS) is 11.5. The van der Waals surface area contributed by atoms with Crippen LogP contribution in [0.5, 0.6) is 0 Å². The summed E-state index contributed by atoms with van der Waals surface area (Å²) in [6.45, 7) is 4.68. The predicted octanol–water partition coefficient (Wildman–Crippen LogP) is 12.0. The van der Waals surface area contributed by atoms with Crippen molar-refractivity contribution >= 4 is 40.8 Å². The molecule has 11 heteroatoms. The molecule has 0 bridgehead atoms. The van der Waals surface area contributed by atoms with E-state index in [-0.39, 0.29) is 31.9 Å². The Hall–Kier alpha value is -2.40. The number of hydrogen-bond acceptors (Lipinski definition) is 10. The number of carbonyl (C=O) groups excluding carboxylic acids is 2. The fourth-order valence-corrected chi connectivity index (χ4v) is 7.27. The van der Waals surface area contributed by atoms with Crippen LogP contribution >= 0.6 is 11.8 Å². The molecule has 0 unspecified atom stereocenters. The molecular weight excluding hydrogens is 711 g/mol. The molecule has 2 heterocycles. The van der Waals surface area contributed by atoms with Crippen molar-refractivity contribution in [1.29, 1.82) is 0 Å². The fraction of sp³-hybridized carbons (Fsp3) is 0.841. The van der Waals surface area contributed by atoms with Crippen LogP contribution in [0.4, 0.5) is 5.95 Å². The molecule has 316 valence electrons. The Kier molecular flexibility index (Phi) is 28.9. The van der Waals surface area contributed by atoms with Gasteiger partial charge in [-0.2, -0.15) is 4.98 Å². The van der Waals surface area contributed by atoms with Crippen molar-refractivity contribution in [3.63, 3.8) is 0 Å². The van der Waals surface area contributed by atoms with Crippen LogP contribution in [0.3, 0.4) is 0 Å². The van der Waals surface area contributed by atoms with Gasteiger partial charge in [-0.1, -0.05) is 168 Å². The molecule has 0 saturated carbocycles. The maximum atomic E-state index is 12.7. The highest BCUT2D eigenvalue weighted by molar-refractivity contribution is 7.98. The van der Waals surface area contributed by atoms with Crippen LogP contribution in [0.1, 0.15) is 194 Å². The van der Waals surface area contributed by atoms with Crippen molar-refractivity contribution in [3.8, 4) is 0 Å². The molecule has 0 aliphatic rings. The summed E-state index contributed by atoms with van der Waals surface area (Å²) < 4.78 is 19.3. The second-order valence-corrected chi connectivity index (χ2v) is 16.4. The number of anilines is 1. The van der Waals surface area contributed by atoms with Gasteiger partial charge in [-0.25, -0.2) is 9.97 Å². The Bertz CT molecular complexity index is 1210. The second-order valence-electron chi connectivity index (χ2n) is 15.6. The van der Waals surface area contributed by atoms with Crippen molar-refractivity contribution in [3.05, 3.63) is 6.33 Å². The number of imidazole rings is 1. The molecule has 0 aromatic carbocycles. The van der Waals surface area contributed by atoms with Gasteiger partial charge in [0.15, 0.2) is 5.65 Å². The minimum atomic E-state index is -0.612. The summed E-state index contributed by atoms with van der Waals surface area (Å²) in [5.74, 6) is 0.103. The summed E-state index contributed by atoms with van der Waals surface area (Å²) in [5, 5.41) is 0.785. The number of rotatable bonds is 37. The number of esters is 2. The highest BCUT2D eigenvalue weighted by atomic mass is 32.2. The largest absolute Gasteiger partial charge is 0.463 e. The average molecular weight is 790 g/mol. The Morgan fingerprint density at radius 3 is 1.42 bits per heavy atom. The first-order valence-corrected chi connectivity index (χ1v) is 23.5. The van der Waals surface area contributed by atoms with Gasteiger partial charge in [-0.15, -0.1) is 11.8 Å². The van der Waals surface area contributed by atoms with Gasteiger partial charge in [0.1, 0.15) is 36.6 Å². The predicted molar refractivity (Wildman–Crippen MR) is 229 cm³/mol. The summed E-state index contributed by atoms with van der Waals surface area (Å²) in [4.78, 5) is 41.1. The lowest BCUT2D eigenvalue weighted by molar-refractivity contribution is -0.157. The summed E-state index contributed by atoms with van der Waals surface area (Å²) >= 11 is 1.51. The van der Waals surface area contributed by atoms with Crippen LogP contribution in [0, 0.1) is 0 Å². The van der Waals surface area contributed by atoms with E-state index in [2.05, 4.69) is 23.8 Å². The first-order chi connectivity index (χ1) is 26.9. The molecule has 0 atom stereocenters. The van der Waals surface area contributed by atoms with E-state index in [4.69, 9.17) is 19.2 Å². The van der Waals surface area contributed by atoms with Crippen molar-refractivity contribution in [2.75, 3.05) is 38.5 Å².